The van der Waals surface area contributed by atoms with Gasteiger partial charge in [-0.2, -0.15) is 8.75 Å². The van der Waals surface area contributed by atoms with E-state index >= 15 is 0 Å². The van der Waals surface area contributed by atoms with E-state index in [2.05, 4.69) is 25.1 Å². The fourth-order valence-electron chi connectivity index (χ4n) is 2.71. The van der Waals surface area contributed by atoms with E-state index in [1.54, 1.807) is 18.3 Å². The SMILES string of the molecule is Fc1ccc(-c2cncc(CNCCOc3ccc4nsnc4c3)c2)cc1. The minimum atomic E-state index is -0.241. The second kappa shape index (κ2) is 8.20. The summed E-state index contributed by atoms with van der Waals surface area (Å²) < 4.78 is 27.2. The highest BCUT2D eigenvalue weighted by atomic mass is 32.1. The first-order chi connectivity index (χ1) is 13.3. The number of benzene rings is 2. The van der Waals surface area contributed by atoms with Crippen molar-refractivity contribution in [1.82, 2.24) is 19.0 Å². The molecule has 2 heterocycles. The summed E-state index contributed by atoms with van der Waals surface area (Å²) in [6, 6.07) is 14.2. The summed E-state index contributed by atoms with van der Waals surface area (Å²) >= 11 is 1.20. The highest BCUT2D eigenvalue weighted by Gasteiger charge is 2.03. The van der Waals surface area contributed by atoms with E-state index in [9.17, 15) is 4.39 Å². The predicted molar refractivity (Wildman–Crippen MR) is 104 cm³/mol. The molecule has 0 aliphatic heterocycles. The van der Waals surface area contributed by atoms with Crippen LogP contribution in [0.5, 0.6) is 5.75 Å². The fourth-order valence-corrected chi connectivity index (χ4v) is 3.23. The third kappa shape index (κ3) is 4.45. The molecule has 2 aromatic carbocycles. The zero-order valence-electron chi connectivity index (χ0n) is 14.4. The van der Waals surface area contributed by atoms with Gasteiger partial charge in [0.15, 0.2) is 0 Å². The van der Waals surface area contributed by atoms with Gasteiger partial charge in [0.25, 0.3) is 0 Å². The van der Waals surface area contributed by atoms with Crippen molar-refractivity contribution in [3.63, 3.8) is 0 Å². The molecule has 0 bridgehead atoms. The largest absolute Gasteiger partial charge is 0.492 e. The first-order valence-corrected chi connectivity index (χ1v) is 9.27. The number of nitrogens with zero attached hydrogens (tertiary/aromatic N) is 3. The number of nitrogens with one attached hydrogen (secondary N) is 1. The molecule has 27 heavy (non-hydrogen) atoms. The lowest BCUT2D eigenvalue weighted by atomic mass is 10.1. The summed E-state index contributed by atoms with van der Waals surface area (Å²) in [5, 5.41) is 3.34. The van der Waals surface area contributed by atoms with Gasteiger partial charge in [0.1, 0.15) is 29.2 Å². The molecule has 5 nitrogen and oxygen atoms in total. The minimum absolute atomic E-state index is 0.241. The van der Waals surface area contributed by atoms with Crippen molar-refractivity contribution in [3.8, 4) is 16.9 Å². The Morgan fingerprint density at radius 1 is 0.926 bits per heavy atom. The van der Waals surface area contributed by atoms with E-state index in [1.807, 2.05) is 24.4 Å². The van der Waals surface area contributed by atoms with Crippen molar-refractivity contribution in [3.05, 3.63) is 72.3 Å². The number of halogens is 1. The van der Waals surface area contributed by atoms with E-state index in [-0.39, 0.29) is 5.82 Å². The lowest BCUT2D eigenvalue weighted by molar-refractivity contribution is 0.314. The molecule has 0 spiro atoms. The topological polar surface area (TPSA) is 59.9 Å². The molecule has 2 aromatic heterocycles. The molecule has 0 saturated carbocycles. The molecule has 4 aromatic rings. The molecule has 0 amide bonds. The number of aromatic nitrogens is 3. The number of ether oxygens (including phenoxy) is 1. The molecule has 0 radical (unpaired) electrons. The van der Waals surface area contributed by atoms with Crippen LogP contribution in [0, 0.1) is 5.82 Å². The van der Waals surface area contributed by atoms with E-state index in [4.69, 9.17) is 4.74 Å². The first-order valence-electron chi connectivity index (χ1n) is 8.54. The second-order valence-corrected chi connectivity index (χ2v) is 6.56. The quantitative estimate of drug-likeness (QED) is 0.490. The van der Waals surface area contributed by atoms with Gasteiger partial charge in [-0.3, -0.25) is 4.98 Å². The Morgan fingerprint density at radius 2 is 1.78 bits per heavy atom. The Morgan fingerprint density at radius 3 is 2.67 bits per heavy atom. The van der Waals surface area contributed by atoms with Gasteiger partial charge in [-0.1, -0.05) is 12.1 Å². The predicted octanol–water partition coefficient (Wildman–Crippen LogP) is 4.06. The average molecular weight is 380 g/mol. The van der Waals surface area contributed by atoms with E-state index in [0.29, 0.717) is 19.7 Å². The van der Waals surface area contributed by atoms with Crippen molar-refractivity contribution in [2.45, 2.75) is 6.54 Å². The zero-order chi connectivity index (χ0) is 18.5. The van der Waals surface area contributed by atoms with Gasteiger partial charge >= 0.3 is 0 Å². The lowest BCUT2D eigenvalue weighted by Gasteiger charge is -2.08. The highest BCUT2D eigenvalue weighted by molar-refractivity contribution is 7.00. The summed E-state index contributed by atoms with van der Waals surface area (Å²) in [5.41, 5.74) is 4.72. The van der Waals surface area contributed by atoms with Gasteiger partial charge in [0, 0.05) is 37.1 Å². The third-order valence-electron chi connectivity index (χ3n) is 4.07. The Kier molecular flexibility index (Phi) is 5.32. The molecular formula is C20H17FN4OS. The average Bonchev–Trinajstić information content (AvgIpc) is 3.16. The summed E-state index contributed by atoms with van der Waals surface area (Å²) in [5.74, 6) is 0.548. The molecule has 0 aliphatic rings. The molecule has 1 N–H and O–H groups in total. The minimum Gasteiger partial charge on any atom is -0.492 e. The van der Waals surface area contributed by atoms with Crippen molar-refractivity contribution in [2.75, 3.05) is 13.2 Å². The summed E-state index contributed by atoms with van der Waals surface area (Å²) in [7, 11) is 0. The van der Waals surface area contributed by atoms with Gasteiger partial charge in [-0.15, -0.1) is 0 Å². The third-order valence-corrected chi connectivity index (χ3v) is 4.63. The Labute approximate surface area is 160 Å². The molecular weight excluding hydrogens is 363 g/mol. The molecule has 0 saturated heterocycles. The molecule has 0 aliphatic carbocycles. The van der Waals surface area contributed by atoms with Crippen LogP contribution in [-0.4, -0.2) is 26.9 Å². The van der Waals surface area contributed by atoms with Gasteiger partial charge in [0.2, 0.25) is 0 Å². The molecule has 0 fully saturated rings. The Balaban J connectivity index is 1.27. The number of fused-ring (bicyclic) bond motifs is 1. The second-order valence-electron chi connectivity index (χ2n) is 6.03. The van der Waals surface area contributed by atoms with Gasteiger partial charge in [0.05, 0.1) is 11.7 Å². The maximum absolute atomic E-state index is 13.1. The standard InChI is InChI=1S/C20H17FN4OS/c21-17-3-1-15(2-4-17)16-9-14(12-23-13-16)11-22-7-8-26-18-5-6-19-20(10-18)25-27-24-19/h1-6,9-10,12-13,22H,7-8,11H2. The fraction of sp³-hybridized carbons (Fsp3) is 0.150. The molecule has 0 unspecified atom stereocenters. The van der Waals surface area contributed by atoms with Crippen molar-refractivity contribution >= 4 is 22.8 Å². The van der Waals surface area contributed by atoms with Crippen LogP contribution < -0.4 is 10.1 Å². The Bertz CT molecular complexity index is 1040. The van der Waals surface area contributed by atoms with Crippen molar-refractivity contribution in [2.24, 2.45) is 0 Å². The number of hydrogen-bond acceptors (Lipinski definition) is 6. The van der Waals surface area contributed by atoms with Crippen LogP contribution in [0.3, 0.4) is 0 Å². The molecule has 0 atom stereocenters. The molecule has 136 valence electrons. The Hall–Kier alpha value is -2.90. The van der Waals surface area contributed by atoms with Crippen LogP contribution in [0.1, 0.15) is 5.56 Å². The molecule has 4 rings (SSSR count). The summed E-state index contributed by atoms with van der Waals surface area (Å²) in [6.07, 6.45) is 3.60. The monoisotopic (exact) mass is 380 g/mol. The van der Waals surface area contributed by atoms with Gasteiger partial charge < -0.3 is 10.1 Å². The number of rotatable bonds is 7. The van der Waals surface area contributed by atoms with Crippen LogP contribution in [-0.2, 0) is 6.54 Å². The summed E-state index contributed by atoms with van der Waals surface area (Å²) in [4.78, 5) is 4.28. The van der Waals surface area contributed by atoms with E-state index in [0.717, 1.165) is 33.5 Å². The van der Waals surface area contributed by atoms with Crippen molar-refractivity contribution in [1.29, 1.82) is 0 Å². The maximum atomic E-state index is 13.1. The van der Waals surface area contributed by atoms with Crippen LogP contribution >= 0.6 is 11.7 Å². The maximum Gasteiger partial charge on any atom is 0.123 e. The van der Waals surface area contributed by atoms with Gasteiger partial charge in [-0.25, -0.2) is 4.39 Å². The normalized spacial score (nSPS) is 11.0. The van der Waals surface area contributed by atoms with Crippen LogP contribution in [0.2, 0.25) is 0 Å². The van der Waals surface area contributed by atoms with Crippen LogP contribution in [0.25, 0.3) is 22.2 Å². The lowest BCUT2D eigenvalue weighted by Crippen LogP contribution is -2.20. The van der Waals surface area contributed by atoms with Crippen molar-refractivity contribution < 1.29 is 9.13 Å². The van der Waals surface area contributed by atoms with Crippen LogP contribution in [0.15, 0.2) is 60.9 Å². The first kappa shape index (κ1) is 17.5. The smallest absolute Gasteiger partial charge is 0.123 e. The van der Waals surface area contributed by atoms with Crippen LogP contribution in [0.4, 0.5) is 4.39 Å². The summed E-state index contributed by atoms with van der Waals surface area (Å²) in [6.45, 7) is 1.93. The number of hydrogen-bond donors (Lipinski definition) is 1. The van der Waals surface area contributed by atoms with E-state index < -0.39 is 0 Å². The molecule has 7 heteroatoms. The highest BCUT2D eigenvalue weighted by Crippen LogP contribution is 2.20. The van der Waals surface area contributed by atoms with Gasteiger partial charge in [-0.05, 0) is 41.5 Å². The zero-order valence-corrected chi connectivity index (χ0v) is 15.2. The van der Waals surface area contributed by atoms with E-state index in [1.165, 1.54) is 23.9 Å². The number of pyridine rings is 1.